The van der Waals surface area contributed by atoms with E-state index in [1.807, 2.05) is 36.4 Å². The lowest BCUT2D eigenvalue weighted by molar-refractivity contribution is -0.984. The number of aliphatic hydroxyl groups is 1. The Morgan fingerprint density at radius 2 is 1.88 bits per heavy atom. The Morgan fingerprint density at radius 1 is 1.12 bits per heavy atom. The molecule has 4 unspecified atom stereocenters. The van der Waals surface area contributed by atoms with Gasteiger partial charge in [-0.15, -0.1) is 6.58 Å². The molecular weight excluding hydrogens is 425 g/mol. The van der Waals surface area contributed by atoms with E-state index in [-0.39, 0.29) is 6.04 Å². The van der Waals surface area contributed by atoms with Crippen molar-refractivity contribution >= 4 is 10.9 Å². The highest BCUT2D eigenvalue weighted by Crippen LogP contribution is 2.48. The minimum absolute atomic E-state index is 0.0342. The lowest BCUT2D eigenvalue weighted by atomic mass is 9.71. The van der Waals surface area contributed by atoms with Crippen molar-refractivity contribution in [1.29, 1.82) is 0 Å². The molecule has 3 fully saturated rings. The van der Waals surface area contributed by atoms with E-state index in [1.54, 1.807) is 18.3 Å². The number of nitrogens with zero attached hydrogens (tertiary/aromatic N) is 2. The normalized spacial score (nSPS) is 28.1. The van der Waals surface area contributed by atoms with E-state index in [0.29, 0.717) is 22.9 Å². The van der Waals surface area contributed by atoms with Crippen LogP contribution in [0.1, 0.15) is 35.6 Å². The van der Waals surface area contributed by atoms with Crippen LogP contribution in [0.4, 0.5) is 13.2 Å². The summed E-state index contributed by atoms with van der Waals surface area (Å²) in [6, 6.07) is 15.2. The number of benzene rings is 2. The number of pyridine rings is 1. The van der Waals surface area contributed by atoms with Gasteiger partial charge in [0.1, 0.15) is 18.7 Å². The second kappa shape index (κ2) is 8.26. The molecule has 1 aromatic heterocycles. The minimum atomic E-state index is -4.34. The molecule has 6 heteroatoms. The van der Waals surface area contributed by atoms with Gasteiger partial charge in [0.15, 0.2) is 0 Å². The minimum Gasteiger partial charge on any atom is -0.382 e. The van der Waals surface area contributed by atoms with Gasteiger partial charge < -0.3 is 9.59 Å². The largest absolute Gasteiger partial charge is 0.416 e. The summed E-state index contributed by atoms with van der Waals surface area (Å²) in [5, 5.41) is 12.6. The van der Waals surface area contributed by atoms with Crippen LogP contribution in [0.25, 0.3) is 10.9 Å². The number of hydrogen-bond acceptors (Lipinski definition) is 2. The highest BCUT2D eigenvalue weighted by Gasteiger charge is 2.54. The Balaban J connectivity index is 1.51. The predicted molar refractivity (Wildman–Crippen MR) is 122 cm³/mol. The summed E-state index contributed by atoms with van der Waals surface area (Å²) in [6.07, 6.45) is 0.648. The number of halogens is 3. The highest BCUT2D eigenvalue weighted by atomic mass is 19.4. The molecule has 5 atom stereocenters. The summed E-state index contributed by atoms with van der Waals surface area (Å²) in [6.45, 7) is 6.39. The first-order chi connectivity index (χ1) is 15.8. The van der Waals surface area contributed by atoms with Gasteiger partial charge in [-0.25, -0.2) is 0 Å². The van der Waals surface area contributed by atoms with Crippen LogP contribution in [0.5, 0.6) is 0 Å². The van der Waals surface area contributed by atoms with Gasteiger partial charge in [0, 0.05) is 35.9 Å². The first-order valence-corrected chi connectivity index (χ1v) is 11.5. The van der Waals surface area contributed by atoms with Crippen LogP contribution < -0.4 is 0 Å². The lowest BCUT2D eigenvalue weighted by Gasteiger charge is -2.58. The molecule has 0 saturated carbocycles. The molecule has 0 amide bonds. The average molecular weight is 454 g/mol. The first-order valence-electron chi connectivity index (χ1n) is 11.5. The van der Waals surface area contributed by atoms with Crippen molar-refractivity contribution < 1.29 is 22.8 Å². The van der Waals surface area contributed by atoms with Crippen LogP contribution in [-0.4, -0.2) is 33.7 Å². The fourth-order valence-electron chi connectivity index (χ4n) is 6.13. The van der Waals surface area contributed by atoms with E-state index in [4.69, 9.17) is 0 Å². The average Bonchev–Trinajstić information content (AvgIpc) is 2.83. The predicted octanol–water partition coefficient (Wildman–Crippen LogP) is 5.90. The maximum absolute atomic E-state index is 13.1. The molecule has 2 aromatic carbocycles. The third kappa shape index (κ3) is 3.96. The smallest absolute Gasteiger partial charge is 0.382 e. The molecule has 6 rings (SSSR count). The molecule has 172 valence electrons. The number of quaternary nitrogens is 1. The third-order valence-electron chi connectivity index (χ3n) is 7.82. The molecule has 2 bridgehead atoms. The van der Waals surface area contributed by atoms with E-state index in [0.717, 1.165) is 60.1 Å². The number of piperidine rings is 3. The second-order valence-corrected chi connectivity index (χ2v) is 9.59. The number of para-hydroxylation sites is 1. The molecule has 1 N–H and O–H groups in total. The Bertz CT molecular complexity index is 1150. The van der Waals surface area contributed by atoms with Crippen LogP contribution in [0.3, 0.4) is 0 Å². The number of hydrogen-bond donors (Lipinski definition) is 1. The highest BCUT2D eigenvalue weighted by molar-refractivity contribution is 5.82. The van der Waals surface area contributed by atoms with Gasteiger partial charge in [-0.3, -0.25) is 4.98 Å². The summed E-state index contributed by atoms with van der Waals surface area (Å²) < 4.78 is 39.8. The Hall–Kier alpha value is -2.70. The molecule has 3 saturated heterocycles. The molecule has 3 aliphatic rings. The van der Waals surface area contributed by atoms with Crippen LogP contribution in [0.15, 0.2) is 73.4 Å². The van der Waals surface area contributed by atoms with Crippen molar-refractivity contribution in [3.8, 4) is 0 Å². The second-order valence-electron chi connectivity index (χ2n) is 9.59. The summed E-state index contributed by atoms with van der Waals surface area (Å²) in [5.74, 6) is 0.827. The zero-order valence-electron chi connectivity index (χ0n) is 18.4. The van der Waals surface area contributed by atoms with E-state index in [2.05, 4.69) is 11.6 Å². The van der Waals surface area contributed by atoms with E-state index in [1.165, 1.54) is 0 Å². The molecule has 0 spiro atoms. The monoisotopic (exact) mass is 453 g/mol. The zero-order valence-corrected chi connectivity index (χ0v) is 18.4. The van der Waals surface area contributed by atoms with Crippen LogP contribution in [0.2, 0.25) is 0 Å². The lowest BCUT2D eigenvalue weighted by Crippen LogP contribution is -2.67. The van der Waals surface area contributed by atoms with Gasteiger partial charge >= 0.3 is 6.18 Å². The van der Waals surface area contributed by atoms with Crippen molar-refractivity contribution in [2.24, 2.45) is 11.8 Å². The Labute approximate surface area is 191 Å². The number of rotatable bonds is 5. The van der Waals surface area contributed by atoms with E-state index >= 15 is 0 Å². The molecule has 3 aliphatic heterocycles. The molecule has 0 aliphatic carbocycles. The number of aromatic nitrogens is 1. The SMILES string of the molecule is C=CC1C[N+]2(Cc3ccc(C(F)(F)F)cc3)CC[C@H]1CC2C(O)c1ccnc2ccccc12. The molecule has 33 heavy (non-hydrogen) atoms. The fourth-order valence-corrected chi connectivity index (χ4v) is 6.13. The van der Waals surface area contributed by atoms with Gasteiger partial charge in [-0.2, -0.15) is 13.2 Å². The van der Waals surface area contributed by atoms with Crippen LogP contribution >= 0.6 is 0 Å². The van der Waals surface area contributed by atoms with Gasteiger partial charge in [0.05, 0.1) is 24.2 Å². The molecule has 0 radical (unpaired) electrons. The van der Waals surface area contributed by atoms with Crippen molar-refractivity contribution in [2.45, 2.75) is 37.7 Å². The number of fused-ring (bicyclic) bond motifs is 4. The van der Waals surface area contributed by atoms with Crippen molar-refractivity contribution in [3.63, 3.8) is 0 Å². The molecule has 4 heterocycles. The Kier molecular flexibility index (Phi) is 5.53. The van der Waals surface area contributed by atoms with Crippen LogP contribution in [-0.2, 0) is 12.7 Å². The van der Waals surface area contributed by atoms with E-state index in [9.17, 15) is 18.3 Å². The maximum Gasteiger partial charge on any atom is 0.416 e. The summed E-state index contributed by atoms with van der Waals surface area (Å²) in [7, 11) is 0. The van der Waals surface area contributed by atoms with E-state index < -0.39 is 17.8 Å². The van der Waals surface area contributed by atoms with Crippen molar-refractivity contribution in [3.05, 3.63) is 90.1 Å². The first kappa shape index (κ1) is 22.1. The third-order valence-corrected chi connectivity index (χ3v) is 7.82. The Morgan fingerprint density at radius 3 is 2.61 bits per heavy atom. The maximum atomic E-state index is 13.1. The quantitative estimate of drug-likeness (QED) is 0.386. The molecular formula is C27H28F3N2O+. The number of aliphatic hydroxyl groups excluding tert-OH is 1. The van der Waals surface area contributed by atoms with Crippen LogP contribution in [0, 0.1) is 11.8 Å². The zero-order chi connectivity index (χ0) is 23.2. The molecule has 3 aromatic rings. The fraction of sp³-hybridized carbons (Fsp3) is 0.370. The van der Waals surface area contributed by atoms with Crippen molar-refractivity contribution in [1.82, 2.24) is 4.98 Å². The summed E-state index contributed by atoms with van der Waals surface area (Å²) in [5.41, 5.74) is 1.96. The van der Waals surface area contributed by atoms with Gasteiger partial charge in [-0.1, -0.05) is 36.4 Å². The standard InChI is InChI=1S/C27H28F3N2O/c1-2-19-17-32(16-18-7-9-21(10-8-18)27(28,29)30)14-12-20(19)15-25(32)26(33)23-11-13-31-24-6-4-3-5-22(23)24/h2-11,13,19-20,25-26,33H,1,12,14-17H2/q+1/t19?,20-,25?,26?,32?/m0/s1. The van der Waals surface area contributed by atoms with Gasteiger partial charge in [-0.05, 0) is 35.7 Å². The summed E-state index contributed by atoms with van der Waals surface area (Å²) in [4.78, 5) is 4.43. The van der Waals surface area contributed by atoms with Crippen molar-refractivity contribution in [2.75, 3.05) is 13.1 Å². The summed E-state index contributed by atoms with van der Waals surface area (Å²) >= 11 is 0. The molecule has 3 nitrogen and oxygen atoms in total. The van der Waals surface area contributed by atoms with Gasteiger partial charge in [0.2, 0.25) is 0 Å². The number of alkyl halides is 3. The van der Waals surface area contributed by atoms with Gasteiger partial charge in [0.25, 0.3) is 0 Å². The topological polar surface area (TPSA) is 33.1 Å².